The Kier molecular flexibility index (Phi) is 2.52. The molecule has 80 valence electrons. The van der Waals surface area contributed by atoms with Crippen LogP contribution in [0.3, 0.4) is 0 Å². The second-order valence-corrected chi connectivity index (χ2v) is 4.88. The standard InChI is InChI=1S/C11H20N2O/c1-8-6-13(7-9(2)12(8)3)11(14)10-4-5-10/h8-10H,4-7H2,1-3H3/t8-,9+. The third-order valence-corrected chi connectivity index (χ3v) is 3.60. The van der Waals surface area contributed by atoms with Crippen molar-refractivity contribution in [3.8, 4) is 0 Å². The molecule has 0 spiro atoms. The van der Waals surface area contributed by atoms with E-state index in [9.17, 15) is 4.79 Å². The zero-order valence-corrected chi connectivity index (χ0v) is 9.36. The molecule has 0 N–H and O–H groups in total. The van der Waals surface area contributed by atoms with Crippen molar-refractivity contribution in [1.29, 1.82) is 0 Å². The van der Waals surface area contributed by atoms with Gasteiger partial charge in [-0.25, -0.2) is 0 Å². The summed E-state index contributed by atoms with van der Waals surface area (Å²) in [6.45, 7) is 6.22. The molecule has 0 aromatic rings. The molecule has 3 heteroatoms. The van der Waals surface area contributed by atoms with Gasteiger partial charge in [0.15, 0.2) is 0 Å². The average molecular weight is 196 g/mol. The fraction of sp³-hybridized carbons (Fsp3) is 0.909. The molecule has 0 bridgehead atoms. The highest BCUT2D eigenvalue weighted by atomic mass is 16.2. The maximum Gasteiger partial charge on any atom is 0.225 e. The Bertz CT molecular complexity index is 225. The molecule has 3 nitrogen and oxygen atoms in total. The van der Waals surface area contributed by atoms with Crippen LogP contribution in [-0.2, 0) is 4.79 Å². The number of carbonyl (C=O) groups is 1. The van der Waals surface area contributed by atoms with E-state index in [0.29, 0.717) is 23.9 Å². The minimum Gasteiger partial charge on any atom is -0.339 e. The third-order valence-electron chi connectivity index (χ3n) is 3.60. The molecule has 1 saturated heterocycles. The number of amides is 1. The smallest absolute Gasteiger partial charge is 0.225 e. The monoisotopic (exact) mass is 196 g/mol. The molecule has 2 fully saturated rings. The summed E-state index contributed by atoms with van der Waals surface area (Å²) in [5.41, 5.74) is 0. The molecular formula is C11H20N2O. The van der Waals surface area contributed by atoms with E-state index in [1.165, 1.54) is 0 Å². The van der Waals surface area contributed by atoms with Crippen molar-refractivity contribution >= 4 is 5.91 Å². The maximum absolute atomic E-state index is 11.9. The normalized spacial score (nSPS) is 34.6. The van der Waals surface area contributed by atoms with Gasteiger partial charge in [0.2, 0.25) is 5.91 Å². The van der Waals surface area contributed by atoms with Gasteiger partial charge in [-0.05, 0) is 33.7 Å². The first kappa shape index (κ1) is 9.97. The topological polar surface area (TPSA) is 23.6 Å². The van der Waals surface area contributed by atoms with E-state index >= 15 is 0 Å². The summed E-state index contributed by atoms with van der Waals surface area (Å²) in [4.78, 5) is 16.3. The van der Waals surface area contributed by atoms with E-state index in [2.05, 4.69) is 30.7 Å². The Morgan fingerprint density at radius 3 is 2.07 bits per heavy atom. The second kappa shape index (κ2) is 3.54. The number of nitrogens with zero attached hydrogens (tertiary/aromatic N) is 2. The lowest BCUT2D eigenvalue weighted by atomic mass is 10.1. The molecule has 0 aromatic carbocycles. The van der Waals surface area contributed by atoms with Gasteiger partial charge in [-0.1, -0.05) is 0 Å². The van der Waals surface area contributed by atoms with E-state index in [1.807, 2.05) is 0 Å². The van der Waals surface area contributed by atoms with E-state index in [-0.39, 0.29) is 0 Å². The quantitative estimate of drug-likeness (QED) is 0.623. The van der Waals surface area contributed by atoms with Crippen molar-refractivity contribution in [1.82, 2.24) is 9.80 Å². The van der Waals surface area contributed by atoms with Gasteiger partial charge in [-0.2, -0.15) is 0 Å². The SMILES string of the molecule is C[C@@H]1CN(C(=O)C2CC2)C[C@H](C)N1C. The lowest BCUT2D eigenvalue weighted by Gasteiger charge is -2.42. The predicted octanol–water partition coefficient (Wildman–Crippen LogP) is 0.947. The summed E-state index contributed by atoms with van der Waals surface area (Å²) in [5.74, 6) is 0.773. The molecule has 1 saturated carbocycles. The molecule has 2 aliphatic rings. The zero-order valence-electron chi connectivity index (χ0n) is 9.36. The summed E-state index contributed by atoms with van der Waals surface area (Å²) < 4.78 is 0. The largest absolute Gasteiger partial charge is 0.339 e. The van der Waals surface area contributed by atoms with E-state index in [4.69, 9.17) is 0 Å². The maximum atomic E-state index is 11.9. The number of likely N-dealkylation sites (N-methyl/N-ethyl adjacent to an activating group) is 1. The van der Waals surface area contributed by atoms with Gasteiger partial charge in [0.1, 0.15) is 0 Å². The van der Waals surface area contributed by atoms with Gasteiger partial charge in [0.05, 0.1) is 0 Å². The van der Waals surface area contributed by atoms with Crippen molar-refractivity contribution in [3.05, 3.63) is 0 Å². The number of hydrogen-bond donors (Lipinski definition) is 0. The molecule has 0 aromatic heterocycles. The first-order chi connectivity index (χ1) is 6.59. The predicted molar refractivity (Wildman–Crippen MR) is 56.0 cm³/mol. The van der Waals surface area contributed by atoms with Gasteiger partial charge >= 0.3 is 0 Å². The van der Waals surface area contributed by atoms with Crippen LogP contribution < -0.4 is 0 Å². The van der Waals surface area contributed by atoms with Crippen LogP contribution in [0, 0.1) is 5.92 Å². The summed E-state index contributed by atoms with van der Waals surface area (Å²) in [6, 6.07) is 1.00. The first-order valence-corrected chi connectivity index (χ1v) is 5.60. The van der Waals surface area contributed by atoms with Crippen molar-refractivity contribution in [2.45, 2.75) is 38.8 Å². The Balaban J connectivity index is 1.97. The van der Waals surface area contributed by atoms with Crippen LogP contribution in [0.4, 0.5) is 0 Å². The number of rotatable bonds is 1. The number of carbonyl (C=O) groups excluding carboxylic acids is 1. The summed E-state index contributed by atoms with van der Waals surface area (Å²) in [7, 11) is 2.15. The summed E-state index contributed by atoms with van der Waals surface area (Å²) in [6.07, 6.45) is 2.24. The average Bonchev–Trinajstić information content (AvgIpc) is 2.95. The highest BCUT2D eigenvalue weighted by Gasteiger charge is 2.37. The van der Waals surface area contributed by atoms with E-state index in [0.717, 1.165) is 25.9 Å². The van der Waals surface area contributed by atoms with Crippen LogP contribution in [0.2, 0.25) is 0 Å². The van der Waals surface area contributed by atoms with Crippen molar-refractivity contribution in [2.24, 2.45) is 5.92 Å². The van der Waals surface area contributed by atoms with Crippen molar-refractivity contribution in [3.63, 3.8) is 0 Å². The fourth-order valence-corrected chi connectivity index (χ4v) is 2.17. The lowest BCUT2D eigenvalue weighted by Crippen LogP contribution is -2.56. The Hall–Kier alpha value is -0.570. The molecular weight excluding hydrogens is 176 g/mol. The molecule has 1 heterocycles. The van der Waals surface area contributed by atoms with E-state index in [1.54, 1.807) is 0 Å². The molecule has 1 aliphatic heterocycles. The lowest BCUT2D eigenvalue weighted by molar-refractivity contribution is -0.136. The molecule has 1 aliphatic carbocycles. The molecule has 2 atom stereocenters. The minimum atomic E-state index is 0.373. The minimum absolute atomic E-state index is 0.373. The molecule has 2 rings (SSSR count). The van der Waals surface area contributed by atoms with Crippen molar-refractivity contribution < 1.29 is 4.79 Å². The number of hydrogen-bond acceptors (Lipinski definition) is 2. The molecule has 0 radical (unpaired) electrons. The van der Waals surface area contributed by atoms with Gasteiger partial charge in [0.25, 0.3) is 0 Å². The van der Waals surface area contributed by atoms with Crippen LogP contribution >= 0.6 is 0 Å². The molecule has 0 unspecified atom stereocenters. The third kappa shape index (κ3) is 1.78. The summed E-state index contributed by atoms with van der Waals surface area (Å²) >= 11 is 0. The molecule has 1 amide bonds. The van der Waals surface area contributed by atoms with E-state index < -0.39 is 0 Å². The fourth-order valence-electron chi connectivity index (χ4n) is 2.17. The van der Waals surface area contributed by atoms with Crippen LogP contribution in [0.15, 0.2) is 0 Å². The summed E-state index contributed by atoms with van der Waals surface area (Å²) in [5, 5.41) is 0. The highest BCUT2D eigenvalue weighted by Crippen LogP contribution is 2.32. The van der Waals surface area contributed by atoms with Crippen LogP contribution in [0.5, 0.6) is 0 Å². The first-order valence-electron chi connectivity index (χ1n) is 5.60. The van der Waals surface area contributed by atoms with Crippen LogP contribution in [-0.4, -0.2) is 47.9 Å². The molecule has 14 heavy (non-hydrogen) atoms. The van der Waals surface area contributed by atoms with Crippen LogP contribution in [0.1, 0.15) is 26.7 Å². The Labute approximate surface area is 86.1 Å². The Morgan fingerprint density at radius 1 is 1.14 bits per heavy atom. The van der Waals surface area contributed by atoms with Gasteiger partial charge < -0.3 is 4.90 Å². The van der Waals surface area contributed by atoms with Gasteiger partial charge in [-0.15, -0.1) is 0 Å². The highest BCUT2D eigenvalue weighted by molar-refractivity contribution is 5.81. The Morgan fingerprint density at radius 2 is 1.64 bits per heavy atom. The van der Waals surface area contributed by atoms with Crippen LogP contribution in [0.25, 0.3) is 0 Å². The zero-order chi connectivity index (χ0) is 10.3. The number of piperazine rings is 1. The van der Waals surface area contributed by atoms with Gasteiger partial charge in [-0.3, -0.25) is 9.69 Å². The second-order valence-electron chi connectivity index (χ2n) is 4.88. The van der Waals surface area contributed by atoms with Gasteiger partial charge in [0, 0.05) is 31.1 Å². The van der Waals surface area contributed by atoms with Crippen molar-refractivity contribution in [2.75, 3.05) is 20.1 Å².